The monoisotopic (exact) mass is 367 g/mol. The van der Waals surface area contributed by atoms with E-state index in [-0.39, 0.29) is 17.9 Å². The zero-order chi connectivity index (χ0) is 18.2. The molecule has 2 unspecified atom stereocenters. The number of likely N-dealkylation sites (tertiary alicyclic amines) is 1. The molecule has 0 saturated carbocycles. The second kappa shape index (κ2) is 10.00. The Morgan fingerprint density at radius 3 is 2.60 bits per heavy atom. The minimum absolute atomic E-state index is 0.0149. The average molecular weight is 368 g/mol. The van der Waals surface area contributed by atoms with Crippen LogP contribution in [0.4, 0.5) is 0 Å². The van der Waals surface area contributed by atoms with Crippen LogP contribution < -0.4 is 15.8 Å². The van der Waals surface area contributed by atoms with E-state index >= 15 is 0 Å². The molecule has 140 valence electrons. The van der Waals surface area contributed by atoms with Crippen LogP contribution in [0.15, 0.2) is 24.3 Å². The highest BCUT2D eigenvalue weighted by Gasteiger charge is 2.25. The summed E-state index contributed by atoms with van der Waals surface area (Å²) in [5.41, 5.74) is 6.00. The van der Waals surface area contributed by atoms with E-state index in [1.54, 1.807) is 0 Å². The molecule has 5 nitrogen and oxygen atoms in total. The smallest absolute Gasteiger partial charge is 0.237 e. The molecule has 1 fully saturated rings. The predicted octanol–water partition coefficient (Wildman–Crippen LogP) is 2.67. The number of hydrogen-bond acceptors (Lipinski definition) is 4. The molecule has 1 saturated heterocycles. The van der Waals surface area contributed by atoms with Gasteiger partial charge in [0.1, 0.15) is 12.4 Å². The molecule has 0 radical (unpaired) electrons. The molecule has 0 aliphatic carbocycles. The van der Waals surface area contributed by atoms with Crippen LogP contribution in [-0.4, -0.2) is 49.1 Å². The van der Waals surface area contributed by atoms with Gasteiger partial charge in [-0.15, -0.1) is 0 Å². The maximum absolute atomic E-state index is 12.2. The quantitative estimate of drug-likeness (QED) is 0.741. The molecule has 0 bridgehead atoms. The van der Waals surface area contributed by atoms with Gasteiger partial charge < -0.3 is 15.8 Å². The first-order valence-corrected chi connectivity index (χ1v) is 9.54. The molecule has 1 aromatic rings. The summed E-state index contributed by atoms with van der Waals surface area (Å²) in [4.78, 5) is 14.5. The van der Waals surface area contributed by atoms with Crippen LogP contribution in [-0.2, 0) is 4.79 Å². The zero-order valence-corrected chi connectivity index (χ0v) is 16.0. The molecule has 2 atom stereocenters. The van der Waals surface area contributed by atoms with Crippen LogP contribution >= 0.6 is 11.6 Å². The number of carbonyl (C=O) groups excluding carboxylic acids is 1. The van der Waals surface area contributed by atoms with Crippen molar-refractivity contribution in [3.63, 3.8) is 0 Å². The van der Waals surface area contributed by atoms with Crippen molar-refractivity contribution in [1.29, 1.82) is 0 Å². The van der Waals surface area contributed by atoms with Gasteiger partial charge in [0.25, 0.3) is 0 Å². The van der Waals surface area contributed by atoms with E-state index in [1.165, 1.54) is 0 Å². The van der Waals surface area contributed by atoms with Crippen molar-refractivity contribution >= 4 is 17.5 Å². The summed E-state index contributed by atoms with van der Waals surface area (Å²) >= 11 is 5.86. The standard InChI is InChI=1S/C19H30ClN3O2/c1-3-14(2)18(21)19(24)22-16-8-10-23(11-9-16)12-13-25-17-6-4-15(20)5-7-17/h4-7,14,16,18H,3,8-13,21H2,1-2H3,(H,22,24). The van der Waals surface area contributed by atoms with Crippen molar-refractivity contribution < 1.29 is 9.53 Å². The van der Waals surface area contributed by atoms with Crippen LogP contribution in [0.1, 0.15) is 33.1 Å². The Balaban J connectivity index is 1.64. The van der Waals surface area contributed by atoms with Crippen molar-refractivity contribution in [2.45, 2.75) is 45.2 Å². The maximum Gasteiger partial charge on any atom is 0.237 e. The van der Waals surface area contributed by atoms with Crippen LogP contribution in [0.5, 0.6) is 5.75 Å². The number of hydrogen-bond donors (Lipinski definition) is 2. The molecule has 2 rings (SSSR count). The number of amides is 1. The lowest BCUT2D eigenvalue weighted by Crippen LogP contribution is -2.51. The topological polar surface area (TPSA) is 67.6 Å². The molecule has 1 amide bonds. The summed E-state index contributed by atoms with van der Waals surface area (Å²) in [6, 6.07) is 7.24. The Labute approximate surface area is 155 Å². The molecule has 0 aromatic heterocycles. The maximum atomic E-state index is 12.2. The molecule has 1 aliphatic heterocycles. The molecule has 25 heavy (non-hydrogen) atoms. The molecular formula is C19H30ClN3O2. The highest BCUT2D eigenvalue weighted by Crippen LogP contribution is 2.16. The average Bonchev–Trinajstić information content (AvgIpc) is 2.63. The van der Waals surface area contributed by atoms with E-state index in [4.69, 9.17) is 22.1 Å². The van der Waals surface area contributed by atoms with Crippen LogP contribution in [0.2, 0.25) is 5.02 Å². The summed E-state index contributed by atoms with van der Waals surface area (Å²) < 4.78 is 5.74. The summed E-state index contributed by atoms with van der Waals surface area (Å²) in [6.07, 6.45) is 2.83. The van der Waals surface area contributed by atoms with Gasteiger partial charge in [-0.2, -0.15) is 0 Å². The number of ether oxygens (including phenoxy) is 1. The fraction of sp³-hybridized carbons (Fsp3) is 0.632. The highest BCUT2D eigenvalue weighted by atomic mass is 35.5. The SMILES string of the molecule is CCC(C)C(N)C(=O)NC1CCN(CCOc2ccc(Cl)cc2)CC1. The van der Waals surface area contributed by atoms with Crippen molar-refractivity contribution in [3.05, 3.63) is 29.3 Å². The Hall–Kier alpha value is -1.30. The summed E-state index contributed by atoms with van der Waals surface area (Å²) in [5.74, 6) is 1.04. The zero-order valence-electron chi connectivity index (χ0n) is 15.2. The minimum Gasteiger partial charge on any atom is -0.492 e. The van der Waals surface area contributed by atoms with E-state index in [0.717, 1.165) is 44.6 Å². The highest BCUT2D eigenvalue weighted by molar-refractivity contribution is 6.30. The van der Waals surface area contributed by atoms with E-state index in [9.17, 15) is 4.79 Å². The third kappa shape index (κ3) is 6.49. The van der Waals surface area contributed by atoms with E-state index in [1.807, 2.05) is 31.2 Å². The third-order valence-electron chi connectivity index (χ3n) is 4.98. The first-order chi connectivity index (χ1) is 12.0. The van der Waals surface area contributed by atoms with Gasteiger partial charge in [-0.1, -0.05) is 31.9 Å². The number of nitrogens with zero attached hydrogens (tertiary/aromatic N) is 1. The van der Waals surface area contributed by atoms with E-state index in [2.05, 4.69) is 17.1 Å². The molecule has 1 aliphatic rings. The lowest BCUT2D eigenvalue weighted by Gasteiger charge is -2.33. The van der Waals surface area contributed by atoms with Crippen LogP contribution in [0, 0.1) is 5.92 Å². The predicted molar refractivity (Wildman–Crippen MR) is 102 cm³/mol. The van der Waals surface area contributed by atoms with Gasteiger partial charge in [0, 0.05) is 30.7 Å². The Kier molecular flexibility index (Phi) is 8.00. The minimum atomic E-state index is -0.407. The molecule has 1 aromatic carbocycles. The largest absolute Gasteiger partial charge is 0.492 e. The van der Waals surface area contributed by atoms with Gasteiger partial charge >= 0.3 is 0 Å². The van der Waals surface area contributed by atoms with Gasteiger partial charge in [0.15, 0.2) is 0 Å². The lowest BCUT2D eigenvalue weighted by atomic mass is 9.98. The molecule has 0 spiro atoms. The van der Waals surface area contributed by atoms with Crippen molar-refractivity contribution in [3.8, 4) is 5.75 Å². The molecule has 6 heteroatoms. The van der Waals surface area contributed by atoms with Gasteiger partial charge in [-0.3, -0.25) is 9.69 Å². The fourth-order valence-electron chi connectivity index (χ4n) is 2.93. The van der Waals surface area contributed by atoms with Gasteiger partial charge in [0.2, 0.25) is 5.91 Å². The second-order valence-corrected chi connectivity index (χ2v) is 7.27. The number of carbonyl (C=O) groups is 1. The number of benzene rings is 1. The number of halogens is 1. The summed E-state index contributed by atoms with van der Waals surface area (Å²) in [7, 11) is 0. The third-order valence-corrected chi connectivity index (χ3v) is 5.24. The fourth-order valence-corrected chi connectivity index (χ4v) is 3.06. The molecular weight excluding hydrogens is 338 g/mol. The van der Waals surface area contributed by atoms with Gasteiger partial charge in [-0.05, 0) is 43.0 Å². The van der Waals surface area contributed by atoms with Crippen molar-refractivity contribution in [2.75, 3.05) is 26.2 Å². The number of nitrogens with one attached hydrogen (secondary N) is 1. The van der Waals surface area contributed by atoms with Gasteiger partial charge in [-0.25, -0.2) is 0 Å². The Morgan fingerprint density at radius 2 is 2.00 bits per heavy atom. The van der Waals surface area contributed by atoms with Crippen LogP contribution in [0.25, 0.3) is 0 Å². The van der Waals surface area contributed by atoms with Gasteiger partial charge in [0.05, 0.1) is 6.04 Å². The number of piperidine rings is 1. The first kappa shape index (κ1) is 20.0. The Bertz CT molecular complexity index is 530. The second-order valence-electron chi connectivity index (χ2n) is 6.84. The van der Waals surface area contributed by atoms with Crippen molar-refractivity contribution in [2.24, 2.45) is 11.7 Å². The van der Waals surface area contributed by atoms with E-state index in [0.29, 0.717) is 11.6 Å². The molecule has 1 heterocycles. The number of nitrogens with two attached hydrogens (primary N) is 1. The first-order valence-electron chi connectivity index (χ1n) is 9.16. The van der Waals surface area contributed by atoms with E-state index < -0.39 is 6.04 Å². The van der Waals surface area contributed by atoms with Crippen molar-refractivity contribution in [1.82, 2.24) is 10.2 Å². The summed E-state index contributed by atoms with van der Waals surface area (Å²) in [5, 5.41) is 3.82. The summed E-state index contributed by atoms with van der Waals surface area (Å²) in [6.45, 7) is 7.55. The lowest BCUT2D eigenvalue weighted by molar-refractivity contribution is -0.124. The van der Waals surface area contributed by atoms with Crippen LogP contribution in [0.3, 0.4) is 0 Å². The molecule has 3 N–H and O–H groups in total. The normalized spacial score (nSPS) is 18.6. The Morgan fingerprint density at radius 1 is 1.36 bits per heavy atom. The number of rotatable bonds is 8.